The Morgan fingerprint density at radius 2 is 1.88 bits per heavy atom. The van der Waals surface area contributed by atoms with E-state index in [1.165, 1.54) is 42.5 Å². The third kappa shape index (κ3) is 6.40. The third-order valence-corrected chi connectivity index (χ3v) is 4.56. The highest BCUT2D eigenvalue weighted by molar-refractivity contribution is 6.09. The summed E-state index contributed by atoms with van der Waals surface area (Å²) < 4.78 is 24.5. The average molecular weight is 461 g/mol. The molecule has 0 aliphatic heterocycles. The van der Waals surface area contributed by atoms with Gasteiger partial charge in [0, 0.05) is 17.8 Å². The number of halogens is 1. The molecular formula is C25H20FN3O5. The lowest BCUT2D eigenvalue weighted by molar-refractivity contribution is -0.384. The van der Waals surface area contributed by atoms with Gasteiger partial charge < -0.3 is 14.8 Å². The molecule has 0 aromatic heterocycles. The van der Waals surface area contributed by atoms with E-state index in [2.05, 4.69) is 5.32 Å². The van der Waals surface area contributed by atoms with Gasteiger partial charge in [-0.3, -0.25) is 14.9 Å². The minimum atomic E-state index is -0.641. The van der Waals surface area contributed by atoms with Gasteiger partial charge in [-0.1, -0.05) is 18.2 Å². The number of hydrogen-bond donors (Lipinski definition) is 1. The van der Waals surface area contributed by atoms with Gasteiger partial charge in [-0.25, -0.2) is 4.39 Å². The molecule has 172 valence electrons. The van der Waals surface area contributed by atoms with Crippen LogP contribution >= 0.6 is 0 Å². The van der Waals surface area contributed by atoms with Gasteiger partial charge in [0.25, 0.3) is 11.6 Å². The molecule has 0 spiro atoms. The van der Waals surface area contributed by atoms with E-state index in [-0.39, 0.29) is 17.9 Å². The van der Waals surface area contributed by atoms with Crippen LogP contribution in [0.25, 0.3) is 6.08 Å². The lowest BCUT2D eigenvalue weighted by Crippen LogP contribution is -2.13. The number of amides is 1. The third-order valence-electron chi connectivity index (χ3n) is 4.56. The van der Waals surface area contributed by atoms with E-state index >= 15 is 0 Å². The first-order valence-corrected chi connectivity index (χ1v) is 10.2. The molecule has 3 aromatic carbocycles. The molecule has 9 heteroatoms. The van der Waals surface area contributed by atoms with Gasteiger partial charge in [0.15, 0.2) is 11.5 Å². The Hall–Kier alpha value is -4.71. The maximum atomic E-state index is 13.0. The Bertz CT molecular complexity index is 1270. The summed E-state index contributed by atoms with van der Waals surface area (Å²) in [5.41, 5.74) is 1.31. The number of nitrogens with one attached hydrogen (secondary N) is 1. The topological polar surface area (TPSA) is 114 Å². The van der Waals surface area contributed by atoms with E-state index in [4.69, 9.17) is 9.47 Å². The largest absolute Gasteiger partial charge is 0.490 e. The first-order valence-electron chi connectivity index (χ1n) is 10.2. The SMILES string of the molecule is CCOc1cc(/C=C(\C#N)C(=O)Nc2ccc(F)cc2)ccc1OCc1cccc([N+](=O)[O-])c1. The van der Waals surface area contributed by atoms with Crippen LogP contribution in [0.2, 0.25) is 0 Å². The predicted octanol–water partition coefficient (Wildman–Crippen LogP) is 5.26. The molecule has 0 saturated carbocycles. The van der Waals surface area contributed by atoms with Crippen molar-refractivity contribution in [2.24, 2.45) is 0 Å². The van der Waals surface area contributed by atoms with Crippen molar-refractivity contribution in [1.82, 2.24) is 0 Å². The first kappa shape index (κ1) is 23.9. The number of nitriles is 1. The first-order chi connectivity index (χ1) is 16.4. The maximum absolute atomic E-state index is 13.0. The van der Waals surface area contributed by atoms with E-state index in [9.17, 15) is 24.6 Å². The second kappa shape index (κ2) is 11.2. The number of benzene rings is 3. The molecule has 0 unspecified atom stereocenters. The molecule has 0 radical (unpaired) electrons. The highest BCUT2D eigenvalue weighted by Crippen LogP contribution is 2.30. The average Bonchev–Trinajstić information content (AvgIpc) is 2.83. The molecule has 8 nitrogen and oxygen atoms in total. The van der Waals surface area contributed by atoms with Gasteiger partial charge in [0.05, 0.1) is 11.5 Å². The number of nitro benzene ring substituents is 1. The molecule has 1 amide bonds. The summed E-state index contributed by atoms with van der Waals surface area (Å²) in [6.07, 6.45) is 1.39. The van der Waals surface area contributed by atoms with E-state index in [1.54, 1.807) is 37.3 Å². The number of non-ortho nitro benzene ring substituents is 1. The second-order valence-corrected chi connectivity index (χ2v) is 6.99. The monoisotopic (exact) mass is 461 g/mol. The van der Waals surface area contributed by atoms with Crippen LogP contribution in [-0.4, -0.2) is 17.4 Å². The van der Waals surface area contributed by atoms with Gasteiger partial charge in [-0.15, -0.1) is 0 Å². The van der Waals surface area contributed by atoms with Crippen molar-refractivity contribution in [2.75, 3.05) is 11.9 Å². The van der Waals surface area contributed by atoms with Crippen LogP contribution < -0.4 is 14.8 Å². The fourth-order valence-electron chi connectivity index (χ4n) is 2.97. The number of hydrogen-bond acceptors (Lipinski definition) is 6. The standard InChI is InChI=1S/C25H20FN3O5/c1-2-33-24-14-17(12-19(15-27)25(30)28-21-9-7-20(26)8-10-21)6-11-23(24)34-16-18-4-3-5-22(13-18)29(31)32/h3-14H,2,16H2,1H3,(H,28,30)/b19-12+. The van der Waals surface area contributed by atoms with Gasteiger partial charge in [0.2, 0.25) is 0 Å². The van der Waals surface area contributed by atoms with Gasteiger partial charge >= 0.3 is 0 Å². The molecule has 3 rings (SSSR count). The molecule has 1 N–H and O–H groups in total. The quantitative estimate of drug-likeness (QED) is 0.201. The maximum Gasteiger partial charge on any atom is 0.269 e. The normalized spacial score (nSPS) is 10.8. The Morgan fingerprint density at radius 1 is 1.12 bits per heavy atom. The van der Waals surface area contributed by atoms with Crippen molar-refractivity contribution in [2.45, 2.75) is 13.5 Å². The highest BCUT2D eigenvalue weighted by Gasteiger charge is 2.12. The molecule has 3 aromatic rings. The summed E-state index contributed by atoms with van der Waals surface area (Å²) in [6, 6.07) is 18.0. The summed E-state index contributed by atoms with van der Waals surface area (Å²) in [5, 5.41) is 22.9. The molecule has 0 bridgehead atoms. The zero-order chi connectivity index (χ0) is 24.5. The lowest BCUT2D eigenvalue weighted by atomic mass is 10.1. The van der Waals surface area contributed by atoms with Crippen LogP contribution in [0.1, 0.15) is 18.1 Å². The molecule has 0 saturated heterocycles. The zero-order valence-corrected chi connectivity index (χ0v) is 18.2. The van der Waals surface area contributed by atoms with Crippen LogP contribution in [-0.2, 0) is 11.4 Å². The molecule has 0 aliphatic carbocycles. The Labute approximate surface area is 195 Å². The minimum absolute atomic E-state index is 0.0328. The number of rotatable bonds is 9. The van der Waals surface area contributed by atoms with E-state index in [1.807, 2.05) is 6.07 Å². The molecule has 0 fully saturated rings. The van der Waals surface area contributed by atoms with Crippen LogP contribution in [0.15, 0.2) is 72.3 Å². The number of ether oxygens (including phenoxy) is 2. The van der Waals surface area contributed by atoms with Gasteiger partial charge in [-0.2, -0.15) is 5.26 Å². The fourth-order valence-corrected chi connectivity index (χ4v) is 2.97. The van der Waals surface area contributed by atoms with Crippen LogP contribution in [0.5, 0.6) is 11.5 Å². The van der Waals surface area contributed by atoms with Crippen LogP contribution in [0.3, 0.4) is 0 Å². The smallest absolute Gasteiger partial charge is 0.269 e. The van der Waals surface area contributed by atoms with E-state index < -0.39 is 16.6 Å². The van der Waals surface area contributed by atoms with E-state index in [0.717, 1.165) is 0 Å². The number of carbonyl (C=O) groups is 1. The van der Waals surface area contributed by atoms with Crippen molar-refractivity contribution in [3.8, 4) is 17.6 Å². The van der Waals surface area contributed by atoms with Crippen molar-refractivity contribution in [3.05, 3.63) is 99.4 Å². The molecular weight excluding hydrogens is 441 g/mol. The Morgan fingerprint density at radius 3 is 2.56 bits per heavy atom. The number of nitrogens with zero attached hydrogens (tertiary/aromatic N) is 2. The summed E-state index contributed by atoms with van der Waals surface area (Å²) >= 11 is 0. The van der Waals surface area contributed by atoms with Crippen molar-refractivity contribution in [1.29, 1.82) is 5.26 Å². The van der Waals surface area contributed by atoms with Crippen molar-refractivity contribution in [3.63, 3.8) is 0 Å². The number of carbonyl (C=O) groups excluding carboxylic acids is 1. The molecule has 0 heterocycles. The number of anilines is 1. The van der Waals surface area contributed by atoms with Crippen LogP contribution in [0, 0.1) is 27.3 Å². The summed E-state index contributed by atoms with van der Waals surface area (Å²) in [7, 11) is 0. The van der Waals surface area contributed by atoms with E-state index in [0.29, 0.717) is 34.9 Å². The van der Waals surface area contributed by atoms with Crippen LogP contribution in [0.4, 0.5) is 15.8 Å². The lowest BCUT2D eigenvalue weighted by Gasteiger charge is -2.13. The highest BCUT2D eigenvalue weighted by atomic mass is 19.1. The second-order valence-electron chi connectivity index (χ2n) is 6.99. The zero-order valence-electron chi connectivity index (χ0n) is 18.2. The minimum Gasteiger partial charge on any atom is -0.490 e. The van der Waals surface area contributed by atoms with Gasteiger partial charge in [-0.05, 0) is 60.5 Å². The summed E-state index contributed by atoms with van der Waals surface area (Å²) in [5.74, 6) is -0.291. The molecule has 0 aliphatic rings. The number of nitro groups is 1. The van der Waals surface area contributed by atoms with Gasteiger partial charge in [0.1, 0.15) is 24.1 Å². The molecule has 0 atom stereocenters. The van der Waals surface area contributed by atoms with Crippen molar-refractivity contribution >= 4 is 23.4 Å². The molecule has 34 heavy (non-hydrogen) atoms. The Kier molecular flexibility index (Phi) is 7.92. The summed E-state index contributed by atoms with van der Waals surface area (Å²) in [4.78, 5) is 22.9. The predicted molar refractivity (Wildman–Crippen MR) is 124 cm³/mol. The van der Waals surface area contributed by atoms with Crippen molar-refractivity contribution < 1.29 is 23.6 Å². The summed E-state index contributed by atoms with van der Waals surface area (Å²) in [6.45, 7) is 2.22. The Balaban J connectivity index is 1.77. The fraction of sp³-hybridized carbons (Fsp3) is 0.120.